The van der Waals surface area contributed by atoms with Crippen LogP contribution in [-0.2, 0) is 0 Å². The van der Waals surface area contributed by atoms with E-state index in [1.165, 1.54) is 0 Å². The fraction of sp³-hybridized carbons (Fsp3) is 0. The fourth-order valence-electron chi connectivity index (χ4n) is 1.15. The SMILES string of the molecule is Brc1cc(Br)c(-c2ccncc2)cn1. The van der Waals surface area contributed by atoms with Crippen molar-refractivity contribution in [2.75, 3.05) is 0 Å². The van der Waals surface area contributed by atoms with E-state index in [1.54, 1.807) is 12.4 Å². The molecule has 0 N–H and O–H groups in total. The second-order valence-corrected chi connectivity index (χ2v) is 4.39. The third-order valence-electron chi connectivity index (χ3n) is 1.81. The standard InChI is InChI=1S/C10H6Br2N2/c11-9-5-10(12)14-6-8(9)7-1-3-13-4-2-7/h1-6H. The molecule has 0 spiro atoms. The molecule has 2 aromatic heterocycles. The number of nitrogens with zero attached hydrogens (tertiary/aromatic N) is 2. The van der Waals surface area contributed by atoms with Gasteiger partial charge in [-0.3, -0.25) is 4.98 Å². The van der Waals surface area contributed by atoms with Crippen molar-refractivity contribution >= 4 is 31.9 Å². The van der Waals surface area contributed by atoms with Crippen molar-refractivity contribution in [1.82, 2.24) is 9.97 Å². The lowest BCUT2D eigenvalue weighted by atomic mass is 10.1. The zero-order chi connectivity index (χ0) is 9.97. The highest BCUT2D eigenvalue weighted by molar-refractivity contribution is 9.11. The molecular weight excluding hydrogens is 308 g/mol. The maximum Gasteiger partial charge on any atom is 0.107 e. The Labute approximate surface area is 98.7 Å². The van der Waals surface area contributed by atoms with E-state index in [-0.39, 0.29) is 0 Å². The predicted molar refractivity (Wildman–Crippen MR) is 62.9 cm³/mol. The minimum absolute atomic E-state index is 0.821. The van der Waals surface area contributed by atoms with Crippen LogP contribution in [0.3, 0.4) is 0 Å². The Bertz CT molecular complexity index is 443. The first-order chi connectivity index (χ1) is 6.77. The van der Waals surface area contributed by atoms with Crippen molar-refractivity contribution in [2.24, 2.45) is 0 Å². The minimum Gasteiger partial charge on any atom is -0.265 e. The average Bonchev–Trinajstić information content (AvgIpc) is 2.19. The molecule has 0 atom stereocenters. The van der Waals surface area contributed by atoms with Gasteiger partial charge in [-0.1, -0.05) is 15.9 Å². The first-order valence-electron chi connectivity index (χ1n) is 3.99. The molecule has 70 valence electrons. The highest BCUT2D eigenvalue weighted by Gasteiger charge is 2.03. The molecule has 0 aliphatic rings. The number of rotatable bonds is 1. The maximum atomic E-state index is 4.18. The number of pyridine rings is 2. The molecule has 0 aromatic carbocycles. The first-order valence-corrected chi connectivity index (χ1v) is 5.57. The van der Waals surface area contributed by atoms with E-state index in [9.17, 15) is 0 Å². The Morgan fingerprint density at radius 3 is 2.43 bits per heavy atom. The Kier molecular flexibility index (Phi) is 2.93. The molecule has 2 nitrogen and oxygen atoms in total. The van der Waals surface area contributed by atoms with E-state index in [4.69, 9.17) is 0 Å². The smallest absolute Gasteiger partial charge is 0.107 e. The van der Waals surface area contributed by atoms with Crippen LogP contribution in [0.4, 0.5) is 0 Å². The zero-order valence-corrected chi connectivity index (χ0v) is 10.3. The molecule has 0 unspecified atom stereocenters. The highest BCUT2D eigenvalue weighted by atomic mass is 79.9. The number of hydrogen-bond acceptors (Lipinski definition) is 2. The summed E-state index contributed by atoms with van der Waals surface area (Å²) in [5.74, 6) is 0. The minimum atomic E-state index is 0.821. The molecule has 0 fully saturated rings. The molecular formula is C10H6Br2N2. The summed E-state index contributed by atoms with van der Waals surface area (Å²) in [6, 6.07) is 5.83. The van der Waals surface area contributed by atoms with Crippen molar-refractivity contribution in [3.05, 3.63) is 45.9 Å². The van der Waals surface area contributed by atoms with Crippen LogP contribution in [0, 0.1) is 0 Å². The molecule has 0 radical (unpaired) electrons. The van der Waals surface area contributed by atoms with E-state index in [0.717, 1.165) is 20.2 Å². The third-order valence-corrected chi connectivity index (χ3v) is 2.90. The van der Waals surface area contributed by atoms with Crippen molar-refractivity contribution < 1.29 is 0 Å². The third kappa shape index (κ3) is 2.01. The zero-order valence-electron chi connectivity index (χ0n) is 7.11. The summed E-state index contributed by atoms with van der Waals surface area (Å²) in [7, 11) is 0. The number of halogens is 2. The number of hydrogen-bond donors (Lipinski definition) is 0. The van der Waals surface area contributed by atoms with Gasteiger partial charge < -0.3 is 0 Å². The summed E-state index contributed by atoms with van der Waals surface area (Å²) in [4.78, 5) is 8.16. The molecule has 14 heavy (non-hydrogen) atoms. The van der Waals surface area contributed by atoms with E-state index in [1.807, 2.05) is 24.4 Å². The highest BCUT2D eigenvalue weighted by Crippen LogP contribution is 2.28. The molecule has 2 rings (SSSR count). The second-order valence-electron chi connectivity index (χ2n) is 2.72. The lowest BCUT2D eigenvalue weighted by Crippen LogP contribution is -1.83. The van der Waals surface area contributed by atoms with Gasteiger partial charge in [0.25, 0.3) is 0 Å². The maximum absolute atomic E-state index is 4.18. The molecule has 0 aliphatic heterocycles. The molecule has 2 heterocycles. The monoisotopic (exact) mass is 312 g/mol. The summed E-state index contributed by atoms with van der Waals surface area (Å²) >= 11 is 6.81. The van der Waals surface area contributed by atoms with Crippen LogP contribution < -0.4 is 0 Å². The second kappa shape index (κ2) is 4.19. The Morgan fingerprint density at radius 1 is 1.07 bits per heavy atom. The Balaban J connectivity index is 2.53. The van der Waals surface area contributed by atoms with Crippen LogP contribution >= 0.6 is 31.9 Å². The van der Waals surface area contributed by atoms with Gasteiger partial charge in [-0.05, 0) is 39.7 Å². The van der Waals surface area contributed by atoms with Crippen molar-refractivity contribution in [3.63, 3.8) is 0 Å². The summed E-state index contributed by atoms with van der Waals surface area (Å²) in [5.41, 5.74) is 2.17. The quantitative estimate of drug-likeness (QED) is 0.751. The van der Waals surface area contributed by atoms with Gasteiger partial charge in [0.15, 0.2) is 0 Å². The van der Waals surface area contributed by atoms with Crippen LogP contribution in [0.25, 0.3) is 11.1 Å². The van der Waals surface area contributed by atoms with Crippen molar-refractivity contribution in [2.45, 2.75) is 0 Å². The Morgan fingerprint density at radius 2 is 1.79 bits per heavy atom. The van der Waals surface area contributed by atoms with Crippen LogP contribution in [-0.4, -0.2) is 9.97 Å². The van der Waals surface area contributed by atoms with E-state index in [2.05, 4.69) is 41.8 Å². The van der Waals surface area contributed by atoms with Gasteiger partial charge in [-0.15, -0.1) is 0 Å². The molecule has 0 amide bonds. The first kappa shape index (κ1) is 9.80. The van der Waals surface area contributed by atoms with Gasteiger partial charge >= 0.3 is 0 Å². The van der Waals surface area contributed by atoms with Gasteiger partial charge in [-0.2, -0.15) is 0 Å². The largest absolute Gasteiger partial charge is 0.265 e. The van der Waals surface area contributed by atoms with E-state index < -0.39 is 0 Å². The van der Waals surface area contributed by atoms with Gasteiger partial charge in [0.2, 0.25) is 0 Å². The van der Waals surface area contributed by atoms with Crippen LogP contribution in [0.15, 0.2) is 45.9 Å². The summed E-state index contributed by atoms with van der Waals surface area (Å²) in [5, 5.41) is 0. The molecule has 0 aliphatic carbocycles. The normalized spacial score (nSPS) is 10.1. The van der Waals surface area contributed by atoms with Gasteiger partial charge in [0.05, 0.1) is 0 Å². The Hall–Kier alpha value is -0.740. The van der Waals surface area contributed by atoms with Crippen molar-refractivity contribution in [1.29, 1.82) is 0 Å². The van der Waals surface area contributed by atoms with Crippen LogP contribution in [0.1, 0.15) is 0 Å². The van der Waals surface area contributed by atoms with Gasteiger partial charge in [0.1, 0.15) is 4.60 Å². The van der Waals surface area contributed by atoms with Crippen molar-refractivity contribution in [3.8, 4) is 11.1 Å². The molecule has 0 bridgehead atoms. The summed E-state index contributed by atoms with van der Waals surface area (Å²) in [6.07, 6.45) is 5.36. The van der Waals surface area contributed by atoms with Crippen LogP contribution in [0.2, 0.25) is 0 Å². The number of aromatic nitrogens is 2. The summed E-state index contributed by atoms with van der Waals surface area (Å²) < 4.78 is 1.84. The summed E-state index contributed by atoms with van der Waals surface area (Å²) in [6.45, 7) is 0. The lowest BCUT2D eigenvalue weighted by molar-refractivity contribution is 1.26. The molecule has 4 heteroatoms. The van der Waals surface area contributed by atoms with Gasteiger partial charge in [0, 0.05) is 28.6 Å². The van der Waals surface area contributed by atoms with E-state index in [0.29, 0.717) is 0 Å². The van der Waals surface area contributed by atoms with Crippen LogP contribution in [0.5, 0.6) is 0 Å². The van der Waals surface area contributed by atoms with Gasteiger partial charge in [-0.25, -0.2) is 4.98 Å². The predicted octanol–water partition coefficient (Wildman–Crippen LogP) is 3.67. The molecule has 2 aromatic rings. The van der Waals surface area contributed by atoms with E-state index >= 15 is 0 Å². The average molecular weight is 314 g/mol. The topological polar surface area (TPSA) is 25.8 Å². The fourth-order valence-corrected chi connectivity index (χ4v) is 2.34. The molecule has 0 saturated carbocycles. The lowest BCUT2D eigenvalue weighted by Gasteiger charge is -2.03. The molecule has 0 saturated heterocycles.